The molecule has 9 heteroatoms. The van der Waals surface area contributed by atoms with E-state index in [0.29, 0.717) is 17.9 Å². The van der Waals surface area contributed by atoms with Crippen LogP contribution in [-0.2, 0) is 0 Å². The Hall–Kier alpha value is -2.52. The molecule has 2 atom stereocenters. The lowest BCUT2D eigenvalue weighted by molar-refractivity contribution is 0.0573. The summed E-state index contributed by atoms with van der Waals surface area (Å²) in [5, 5.41) is 21.1. The molecule has 0 spiro atoms. The third-order valence-corrected chi connectivity index (χ3v) is 13.1. The number of methoxy groups -OCH3 is 1. The van der Waals surface area contributed by atoms with E-state index in [9.17, 15) is 19.8 Å². The normalized spacial score (nSPS) is 20.7. The van der Waals surface area contributed by atoms with Crippen molar-refractivity contribution in [3.8, 4) is 11.5 Å². The standard InChI is InChI=1S/C24H36N2O6Si/c1-13(2)33(14(3)4,15(5)6)32-21-11-18-17(10-20(21)31-8)22(27)25-12-16(7)9-19(25)23(28)26(18)24(29)30/h10-15,19,23,28H,9H2,1-8H3,(H,29,30). The summed E-state index contributed by atoms with van der Waals surface area (Å²) in [5.74, 6) is 0.401. The van der Waals surface area contributed by atoms with Crippen LogP contribution in [0.3, 0.4) is 0 Å². The summed E-state index contributed by atoms with van der Waals surface area (Å²) in [6, 6.07) is 2.41. The topological polar surface area (TPSA) is 99.5 Å². The minimum atomic E-state index is -2.40. The first-order valence-electron chi connectivity index (χ1n) is 11.5. The lowest BCUT2D eigenvalue weighted by Gasteiger charge is -2.42. The lowest BCUT2D eigenvalue weighted by Crippen LogP contribution is -2.51. The lowest BCUT2D eigenvalue weighted by atomic mass is 10.1. The number of fused-ring (bicyclic) bond motifs is 2. The zero-order valence-corrected chi connectivity index (χ0v) is 21.7. The van der Waals surface area contributed by atoms with Crippen LogP contribution in [0.4, 0.5) is 10.5 Å². The first-order chi connectivity index (χ1) is 15.4. The zero-order chi connectivity index (χ0) is 24.8. The van der Waals surface area contributed by atoms with Gasteiger partial charge in [-0.15, -0.1) is 0 Å². The number of carbonyl (C=O) groups excluding carboxylic acids is 1. The van der Waals surface area contributed by atoms with Crippen LogP contribution in [0.2, 0.25) is 16.6 Å². The monoisotopic (exact) mass is 476 g/mol. The SMILES string of the molecule is COc1cc2c(cc1O[Si](C(C)C)(C(C)C)C(C)C)N(C(=O)O)C(O)C1CC(C)=CN1C2=O. The van der Waals surface area contributed by atoms with E-state index in [1.165, 1.54) is 12.0 Å². The molecule has 182 valence electrons. The van der Waals surface area contributed by atoms with Gasteiger partial charge in [-0.25, -0.2) is 9.69 Å². The molecule has 0 aliphatic carbocycles. The molecule has 3 rings (SSSR count). The molecular weight excluding hydrogens is 440 g/mol. The fourth-order valence-corrected chi connectivity index (χ4v) is 10.9. The Labute approximate surface area is 196 Å². The number of benzene rings is 1. The van der Waals surface area contributed by atoms with E-state index in [0.717, 1.165) is 10.5 Å². The molecule has 2 amide bonds. The van der Waals surface area contributed by atoms with Gasteiger partial charge in [0.25, 0.3) is 14.2 Å². The third kappa shape index (κ3) is 4.01. The first-order valence-corrected chi connectivity index (χ1v) is 13.6. The molecule has 1 aromatic rings. The number of anilines is 1. The van der Waals surface area contributed by atoms with Crippen molar-refractivity contribution in [2.24, 2.45) is 0 Å². The van der Waals surface area contributed by atoms with Gasteiger partial charge >= 0.3 is 6.09 Å². The fourth-order valence-electron chi connectivity index (χ4n) is 5.65. The molecule has 2 heterocycles. The Morgan fingerprint density at radius 1 is 1.09 bits per heavy atom. The molecule has 0 radical (unpaired) electrons. The number of carboxylic acid groups (broad SMARTS) is 1. The summed E-state index contributed by atoms with van der Waals surface area (Å²) in [4.78, 5) is 28.0. The zero-order valence-electron chi connectivity index (χ0n) is 20.7. The molecule has 0 aromatic heterocycles. The molecule has 0 saturated carbocycles. The second-order valence-corrected chi connectivity index (χ2v) is 15.3. The number of aliphatic hydroxyl groups excluding tert-OH is 1. The van der Waals surface area contributed by atoms with Gasteiger partial charge in [0.1, 0.15) is 5.75 Å². The largest absolute Gasteiger partial charge is 0.540 e. The highest BCUT2D eigenvalue weighted by Crippen LogP contribution is 2.47. The van der Waals surface area contributed by atoms with E-state index in [1.807, 2.05) is 6.92 Å². The molecular formula is C24H36N2O6Si. The fraction of sp³-hybridized carbons (Fsp3) is 0.583. The van der Waals surface area contributed by atoms with Crippen LogP contribution in [0.5, 0.6) is 11.5 Å². The van der Waals surface area contributed by atoms with Crippen molar-refractivity contribution in [3.63, 3.8) is 0 Å². The molecule has 1 aromatic carbocycles. The maximum atomic E-state index is 13.4. The summed E-state index contributed by atoms with van der Waals surface area (Å²) in [7, 11) is -0.897. The Balaban J connectivity index is 2.24. The van der Waals surface area contributed by atoms with E-state index in [2.05, 4.69) is 41.5 Å². The smallest absolute Gasteiger partial charge is 0.414 e. The van der Waals surface area contributed by atoms with Crippen molar-refractivity contribution in [3.05, 3.63) is 29.5 Å². The highest BCUT2D eigenvalue weighted by atomic mass is 28.4. The van der Waals surface area contributed by atoms with Gasteiger partial charge in [-0.2, -0.15) is 0 Å². The van der Waals surface area contributed by atoms with Crippen molar-refractivity contribution >= 4 is 26.0 Å². The van der Waals surface area contributed by atoms with E-state index >= 15 is 0 Å². The Morgan fingerprint density at radius 2 is 1.67 bits per heavy atom. The number of hydrogen-bond donors (Lipinski definition) is 2. The molecule has 33 heavy (non-hydrogen) atoms. The summed E-state index contributed by atoms with van der Waals surface area (Å²) >= 11 is 0. The maximum Gasteiger partial charge on any atom is 0.414 e. The average molecular weight is 477 g/mol. The van der Waals surface area contributed by atoms with E-state index < -0.39 is 26.7 Å². The van der Waals surface area contributed by atoms with E-state index in [1.54, 1.807) is 18.3 Å². The number of rotatable bonds is 6. The number of nitrogens with zero attached hydrogens (tertiary/aromatic N) is 2. The minimum absolute atomic E-state index is 0.107. The molecule has 2 aliphatic heterocycles. The van der Waals surface area contributed by atoms with Crippen LogP contribution in [0.25, 0.3) is 0 Å². The van der Waals surface area contributed by atoms with Gasteiger partial charge in [0.15, 0.2) is 12.0 Å². The molecule has 0 saturated heterocycles. The highest BCUT2D eigenvalue weighted by molar-refractivity contribution is 6.78. The number of aliphatic hydroxyl groups is 1. The minimum Gasteiger partial charge on any atom is -0.540 e. The van der Waals surface area contributed by atoms with Crippen molar-refractivity contribution < 1.29 is 29.0 Å². The molecule has 2 aliphatic rings. The van der Waals surface area contributed by atoms with Crippen LogP contribution in [-0.4, -0.2) is 54.8 Å². The van der Waals surface area contributed by atoms with Gasteiger partial charge in [0, 0.05) is 12.3 Å². The van der Waals surface area contributed by atoms with Gasteiger partial charge in [-0.05, 0) is 36.0 Å². The molecule has 8 nitrogen and oxygen atoms in total. The second-order valence-electron chi connectivity index (χ2n) is 9.97. The number of carbonyl (C=O) groups is 2. The van der Waals surface area contributed by atoms with Gasteiger partial charge in [-0.3, -0.25) is 4.79 Å². The molecule has 2 N–H and O–H groups in total. The third-order valence-electron chi connectivity index (χ3n) is 7.06. The van der Waals surface area contributed by atoms with Crippen molar-refractivity contribution in [1.82, 2.24) is 4.90 Å². The number of amides is 2. The second kappa shape index (κ2) is 9.02. The Morgan fingerprint density at radius 3 is 2.15 bits per heavy atom. The van der Waals surface area contributed by atoms with Crippen LogP contribution >= 0.6 is 0 Å². The quantitative estimate of drug-likeness (QED) is 0.549. The maximum absolute atomic E-state index is 13.4. The summed E-state index contributed by atoms with van der Waals surface area (Å²) in [6.07, 6.45) is -0.671. The highest BCUT2D eigenvalue weighted by Gasteiger charge is 2.49. The van der Waals surface area contributed by atoms with Crippen molar-refractivity contribution in [2.75, 3.05) is 12.0 Å². The summed E-state index contributed by atoms with van der Waals surface area (Å²) in [6.45, 7) is 14.8. The molecule has 0 bridgehead atoms. The predicted molar refractivity (Wildman–Crippen MR) is 130 cm³/mol. The van der Waals surface area contributed by atoms with Crippen LogP contribution < -0.4 is 14.1 Å². The summed E-state index contributed by atoms with van der Waals surface area (Å²) in [5.41, 5.74) is 2.00. The first kappa shape index (κ1) is 25.1. The molecule has 2 unspecified atom stereocenters. The van der Waals surface area contributed by atoms with Crippen LogP contribution in [0.1, 0.15) is 65.2 Å². The van der Waals surface area contributed by atoms with E-state index in [4.69, 9.17) is 9.16 Å². The van der Waals surface area contributed by atoms with Crippen molar-refractivity contribution in [1.29, 1.82) is 0 Å². The van der Waals surface area contributed by atoms with E-state index in [-0.39, 0.29) is 33.8 Å². The van der Waals surface area contributed by atoms with Gasteiger partial charge in [-0.1, -0.05) is 47.1 Å². The average Bonchev–Trinajstić information content (AvgIpc) is 3.09. The predicted octanol–water partition coefficient (Wildman–Crippen LogP) is 5.18. The number of ether oxygens (including phenoxy) is 1. The van der Waals surface area contributed by atoms with Gasteiger partial charge in [0.2, 0.25) is 0 Å². The van der Waals surface area contributed by atoms with Crippen molar-refractivity contribution in [2.45, 2.75) is 83.8 Å². The Bertz CT molecular complexity index is 952. The summed E-state index contributed by atoms with van der Waals surface area (Å²) < 4.78 is 12.4. The Kier molecular flexibility index (Phi) is 6.86. The van der Waals surface area contributed by atoms with Crippen LogP contribution in [0, 0.1) is 0 Å². The van der Waals surface area contributed by atoms with Gasteiger partial charge < -0.3 is 24.3 Å². The van der Waals surface area contributed by atoms with Gasteiger partial charge in [0.05, 0.1) is 24.4 Å². The number of hydrogen-bond acceptors (Lipinski definition) is 5. The molecule has 0 fully saturated rings. The van der Waals surface area contributed by atoms with Crippen LogP contribution in [0.15, 0.2) is 23.9 Å².